The first-order valence-corrected chi connectivity index (χ1v) is 11.5. The molecule has 1 saturated carbocycles. The minimum absolute atomic E-state index is 0.0146. The summed E-state index contributed by atoms with van der Waals surface area (Å²) in [6.07, 6.45) is 2.80. The fraction of sp³-hybridized carbons (Fsp3) is 0.480. The van der Waals surface area contributed by atoms with E-state index in [-0.39, 0.29) is 29.3 Å². The highest BCUT2D eigenvalue weighted by Gasteiger charge is 2.30. The molecule has 0 spiro atoms. The molecule has 34 heavy (non-hydrogen) atoms. The first kappa shape index (κ1) is 25.3. The third-order valence-corrected chi connectivity index (χ3v) is 5.80. The minimum atomic E-state index is -0.786. The molecule has 1 aliphatic rings. The van der Waals surface area contributed by atoms with Crippen molar-refractivity contribution in [1.29, 1.82) is 0 Å². The van der Waals surface area contributed by atoms with Gasteiger partial charge in [0.05, 0.1) is 11.6 Å². The van der Waals surface area contributed by atoms with Crippen LogP contribution in [-0.4, -0.2) is 34.7 Å². The zero-order chi connectivity index (χ0) is 25.0. The van der Waals surface area contributed by atoms with E-state index in [9.17, 15) is 14.0 Å². The summed E-state index contributed by atoms with van der Waals surface area (Å²) in [4.78, 5) is 28.6. The number of hydrogen-bond donors (Lipinski definition) is 4. The number of benzene rings is 1. The Bertz CT molecular complexity index is 1070. The van der Waals surface area contributed by atoms with E-state index in [1.165, 1.54) is 0 Å². The van der Waals surface area contributed by atoms with E-state index in [2.05, 4.69) is 20.9 Å². The minimum Gasteiger partial charge on any atom is -0.444 e. The zero-order valence-electron chi connectivity index (χ0n) is 20.4. The molecular weight excluding hydrogens is 437 g/mol. The van der Waals surface area contributed by atoms with E-state index >= 15 is 0 Å². The van der Waals surface area contributed by atoms with Gasteiger partial charge in [0, 0.05) is 11.7 Å². The first-order valence-electron chi connectivity index (χ1n) is 11.5. The molecule has 8 nitrogen and oxygen atoms in total. The largest absolute Gasteiger partial charge is 0.444 e. The number of hydrogen-bond acceptors (Lipinski definition) is 6. The van der Waals surface area contributed by atoms with Gasteiger partial charge in [-0.25, -0.2) is 14.2 Å². The van der Waals surface area contributed by atoms with Gasteiger partial charge in [0.25, 0.3) is 5.91 Å². The summed E-state index contributed by atoms with van der Waals surface area (Å²) in [6, 6.07) is 6.29. The number of carbonyl (C=O) groups is 2. The van der Waals surface area contributed by atoms with Crippen molar-refractivity contribution in [3.63, 3.8) is 0 Å². The lowest BCUT2D eigenvalue weighted by Crippen LogP contribution is -2.50. The Kier molecular flexibility index (Phi) is 7.64. The van der Waals surface area contributed by atoms with Crippen LogP contribution in [-0.2, 0) is 4.74 Å². The van der Waals surface area contributed by atoms with Crippen LogP contribution in [0.15, 0.2) is 24.3 Å². The van der Waals surface area contributed by atoms with E-state index < -0.39 is 23.4 Å². The van der Waals surface area contributed by atoms with Gasteiger partial charge in [-0.05, 0) is 76.8 Å². The number of halogens is 1. The second-order valence-corrected chi connectivity index (χ2v) is 9.79. The Morgan fingerprint density at radius 2 is 1.74 bits per heavy atom. The van der Waals surface area contributed by atoms with Crippen LogP contribution in [0.2, 0.25) is 0 Å². The number of aryl methyl sites for hydroxylation is 2. The Morgan fingerprint density at radius 1 is 1.06 bits per heavy atom. The number of rotatable bonds is 6. The first-order chi connectivity index (χ1) is 15.9. The normalized spacial score (nSPS) is 18.2. The Balaban J connectivity index is 1.84. The number of carbonyl (C=O) groups excluding carboxylic acids is 2. The topological polar surface area (TPSA) is 118 Å². The van der Waals surface area contributed by atoms with Crippen LogP contribution in [0.25, 0.3) is 0 Å². The highest BCUT2D eigenvalue weighted by Crippen LogP contribution is 2.28. The van der Waals surface area contributed by atoms with Gasteiger partial charge < -0.3 is 26.4 Å². The van der Waals surface area contributed by atoms with Crippen molar-refractivity contribution in [1.82, 2.24) is 10.3 Å². The summed E-state index contributed by atoms with van der Waals surface area (Å²) in [7, 11) is 0. The number of nitrogens with zero attached hydrogens (tertiary/aromatic N) is 1. The predicted octanol–water partition coefficient (Wildman–Crippen LogP) is 4.93. The Morgan fingerprint density at radius 3 is 2.35 bits per heavy atom. The summed E-state index contributed by atoms with van der Waals surface area (Å²) < 4.78 is 20.3. The Labute approximate surface area is 199 Å². The standard InChI is InChI=1S/C25H34FN5O3/c1-14-10-11-16(12-15(14)2)28-22-17(21(27)32)13-18(26)23(31-22)29-19-8-6-7-9-20(19)30-24(33)34-25(3,4)5/h10-13,19-20H,6-9H2,1-5H3,(H2,27,32)(H,30,33)(H2,28,29,31)/t19-,20+/m1/s1. The number of nitrogens with two attached hydrogens (primary N) is 1. The average molecular weight is 472 g/mol. The van der Waals surface area contributed by atoms with Crippen LogP contribution in [0, 0.1) is 19.7 Å². The van der Waals surface area contributed by atoms with Crippen LogP contribution in [0.5, 0.6) is 0 Å². The molecule has 0 aliphatic heterocycles. The molecule has 1 heterocycles. The van der Waals surface area contributed by atoms with Crippen molar-refractivity contribution in [3.05, 3.63) is 46.8 Å². The second-order valence-electron chi connectivity index (χ2n) is 9.79. The molecule has 0 unspecified atom stereocenters. The van der Waals surface area contributed by atoms with Crippen LogP contribution < -0.4 is 21.7 Å². The molecule has 0 bridgehead atoms. The number of anilines is 3. The van der Waals surface area contributed by atoms with Gasteiger partial charge in [0.1, 0.15) is 11.4 Å². The van der Waals surface area contributed by atoms with Gasteiger partial charge >= 0.3 is 6.09 Å². The number of pyridine rings is 1. The second kappa shape index (κ2) is 10.3. The lowest BCUT2D eigenvalue weighted by atomic mass is 9.90. The number of aromatic nitrogens is 1. The molecule has 3 rings (SSSR count). The Hall–Kier alpha value is -3.36. The molecule has 184 valence electrons. The molecular formula is C25H34FN5O3. The van der Waals surface area contributed by atoms with Gasteiger partial charge in [-0.1, -0.05) is 18.9 Å². The van der Waals surface area contributed by atoms with Crippen LogP contribution >= 0.6 is 0 Å². The van der Waals surface area contributed by atoms with Crippen LogP contribution in [0.4, 0.5) is 26.5 Å². The van der Waals surface area contributed by atoms with Crippen LogP contribution in [0.1, 0.15) is 67.9 Å². The molecule has 2 atom stereocenters. The van der Waals surface area contributed by atoms with E-state index in [1.54, 1.807) is 20.8 Å². The predicted molar refractivity (Wildman–Crippen MR) is 131 cm³/mol. The maximum Gasteiger partial charge on any atom is 0.407 e. The summed E-state index contributed by atoms with van der Waals surface area (Å²) in [5.74, 6) is -1.33. The molecule has 0 radical (unpaired) electrons. The van der Waals surface area contributed by atoms with Crippen molar-refractivity contribution in [2.75, 3.05) is 10.6 Å². The number of alkyl carbamates (subject to hydrolysis) is 1. The number of nitrogens with one attached hydrogen (secondary N) is 3. The van der Waals surface area contributed by atoms with Gasteiger partial charge in [-0.3, -0.25) is 4.79 Å². The van der Waals surface area contributed by atoms with E-state index in [0.717, 1.165) is 42.9 Å². The zero-order valence-corrected chi connectivity index (χ0v) is 20.4. The van der Waals surface area contributed by atoms with Crippen molar-refractivity contribution in [2.45, 2.75) is 78.0 Å². The monoisotopic (exact) mass is 471 g/mol. The van der Waals surface area contributed by atoms with Crippen molar-refractivity contribution < 1.29 is 18.7 Å². The number of amides is 2. The van der Waals surface area contributed by atoms with E-state index in [4.69, 9.17) is 10.5 Å². The van der Waals surface area contributed by atoms with Gasteiger partial charge in [-0.15, -0.1) is 0 Å². The molecule has 1 fully saturated rings. The summed E-state index contributed by atoms with van der Waals surface area (Å²) >= 11 is 0. The third kappa shape index (κ3) is 6.59. The molecule has 0 saturated heterocycles. The van der Waals surface area contributed by atoms with Crippen molar-refractivity contribution >= 4 is 29.3 Å². The number of ether oxygens (including phenoxy) is 1. The smallest absolute Gasteiger partial charge is 0.407 e. The SMILES string of the molecule is Cc1ccc(Nc2nc(N[C@@H]3CCCC[C@@H]3NC(=O)OC(C)(C)C)c(F)cc2C(N)=O)cc1C. The lowest BCUT2D eigenvalue weighted by molar-refractivity contribution is 0.0488. The van der Waals surface area contributed by atoms with E-state index in [1.807, 2.05) is 32.0 Å². The fourth-order valence-electron chi connectivity index (χ4n) is 3.94. The lowest BCUT2D eigenvalue weighted by Gasteiger charge is -2.34. The summed E-state index contributed by atoms with van der Waals surface area (Å²) in [6.45, 7) is 9.37. The van der Waals surface area contributed by atoms with Crippen molar-refractivity contribution in [3.8, 4) is 0 Å². The molecule has 2 aromatic rings. The highest BCUT2D eigenvalue weighted by molar-refractivity contribution is 5.98. The maximum atomic E-state index is 14.9. The van der Waals surface area contributed by atoms with Gasteiger partial charge in [0.15, 0.2) is 11.6 Å². The third-order valence-electron chi connectivity index (χ3n) is 5.80. The molecule has 1 aromatic heterocycles. The average Bonchev–Trinajstić information content (AvgIpc) is 2.72. The highest BCUT2D eigenvalue weighted by atomic mass is 19.1. The summed E-state index contributed by atoms with van der Waals surface area (Å²) in [5, 5.41) is 9.12. The van der Waals surface area contributed by atoms with Gasteiger partial charge in [-0.2, -0.15) is 0 Å². The summed E-state index contributed by atoms with van der Waals surface area (Å²) in [5.41, 5.74) is 7.71. The van der Waals surface area contributed by atoms with Crippen LogP contribution in [0.3, 0.4) is 0 Å². The quantitative estimate of drug-likeness (QED) is 0.475. The van der Waals surface area contributed by atoms with E-state index in [0.29, 0.717) is 5.69 Å². The molecule has 1 aromatic carbocycles. The molecule has 5 N–H and O–H groups in total. The molecule has 2 amide bonds. The maximum absolute atomic E-state index is 14.9. The van der Waals surface area contributed by atoms with Gasteiger partial charge in [0.2, 0.25) is 0 Å². The number of primary amides is 1. The fourth-order valence-corrected chi connectivity index (χ4v) is 3.94. The molecule has 1 aliphatic carbocycles. The molecule has 9 heteroatoms. The van der Waals surface area contributed by atoms with Crippen molar-refractivity contribution in [2.24, 2.45) is 5.73 Å².